The van der Waals surface area contributed by atoms with Gasteiger partial charge in [0, 0.05) is 32.2 Å². The highest BCUT2D eigenvalue weighted by Gasteiger charge is 2.26. The van der Waals surface area contributed by atoms with E-state index >= 15 is 0 Å². The van der Waals surface area contributed by atoms with Crippen molar-refractivity contribution in [2.75, 3.05) is 33.3 Å². The van der Waals surface area contributed by atoms with Gasteiger partial charge in [-0.15, -0.1) is 0 Å². The predicted molar refractivity (Wildman–Crippen MR) is 75.1 cm³/mol. The largest absolute Gasteiger partial charge is 0.469 e. The van der Waals surface area contributed by atoms with Gasteiger partial charge in [-0.3, -0.25) is 9.69 Å². The first-order valence-corrected chi connectivity index (χ1v) is 6.79. The molecule has 19 heavy (non-hydrogen) atoms. The van der Waals surface area contributed by atoms with Crippen molar-refractivity contribution in [3.8, 4) is 0 Å². The Kier molecular flexibility index (Phi) is 4.93. The quantitative estimate of drug-likeness (QED) is 0.829. The Labute approximate surface area is 114 Å². The topological polar surface area (TPSA) is 41.6 Å². The van der Waals surface area contributed by atoms with Gasteiger partial charge in [-0.1, -0.05) is 30.3 Å². The molecule has 104 valence electrons. The van der Waals surface area contributed by atoms with E-state index in [4.69, 9.17) is 4.74 Å². The smallest absolute Gasteiger partial charge is 0.314 e. The van der Waals surface area contributed by atoms with Crippen LogP contribution in [0, 0.1) is 0 Å². The summed E-state index contributed by atoms with van der Waals surface area (Å²) in [6, 6.07) is 10.4. The van der Waals surface area contributed by atoms with Gasteiger partial charge in [0.25, 0.3) is 0 Å². The van der Waals surface area contributed by atoms with Gasteiger partial charge in [-0.05, 0) is 12.5 Å². The van der Waals surface area contributed by atoms with Crippen molar-refractivity contribution < 1.29 is 9.53 Å². The maximum Gasteiger partial charge on any atom is 0.314 e. The van der Waals surface area contributed by atoms with Gasteiger partial charge in [0.1, 0.15) is 0 Å². The highest BCUT2D eigenvalue weighted by atomic mass is 16.5. The molecule has 1 aromatic rings. The molecule has 0 radical (unpaired) electrons. The lowest BCUT2D eigenvalue weighted by Gasteiger charge is -2.33. The van der Waals surface area contributed by atoms with E-state index in [1.54, 1.807) is 0 Å². The maximum absolute atomic E-state index is 12.0. The van der Waals surface area contributed by atoms with Crippen LogP contribution < -0.4 is 5.32 Å². The molecular formula is C15H22N2O2. The molecule has 4 heteroatoms. The summed E-state index contributed by atoms with van der Waals surface area (Å²) in [5.41, 5.74) is 1.03. The van der Waals surface area contributed by atoms with Crippen molar-refractivity contribution in [1.29, 1.82) is 0 Å². The van der Waals surface area contributed by atoms with Crippen LogP contribution in [-0.2, 0) is 9.53 Å². The van der Waals surface area contributed by atoms with Crippen LogP contribution in [0.25, 0.3) is 0 Å². The zero-order chi connectivity index (χ0) is 13.7. The number of carbonyl (C=O) groups is 1. The van der Waals surface area contributed by atoms with Crippen LogP contribution in [-0.4, -0.2) is 50.2 Å². The summed E-state index contributed by atoms with van der Waals surface area (Å²) in [6.45, 7) is 5.82. The number of piperazine rings is 1. The molecule has 0 bridgehead atoms. The Morgan fingerprint density at radius 2 is 2.21 bits per heavy atom. The number of benzene rings is 1. The second kappa shape index (κ2) is 6.68. The molecule has 1 aliphatic rings. The van der Waals surface area contributed by atoms with Gasteiger partial charge in [0.2, 0.25) is 0 Å². The van der Waals surface area contributed by atoms with Crippen LogP contribution in [0.4, 0.5) is 0 Å². The average Bonchev–Trinajstić information content (AvgIpc) is 2.45. The summed E-state index contributed by atoms with van der Waals surface area (Å²) in [5, 5.41) is 3.41. The SMILES string of the molecule is COC(=O)C(CN1CCNC(C)C1)c1ccccc1. The molecule has 0 aromatic heterocycles. The van der Waals surface area contributed by atoms with Gasteiger partial charge in [0.15, 0.2) is 0 Å². The van der Waals surface area contributed by atoms with Gasteiger partial charge in [0.05, 0.1) is 13.0 Å². The van der Waals surface area contributed by atoms with Gasteiger partial charge in [-0.25, -0.2) is 0 Å². The molecule has 0 amide bonds. The van der Waals surface area contributed by atoms with Gasteiger partial charge < -0.3 is 10.1 Å². The lowest BCUT2D eigenvalue weighted by atomic mass is 9.98. The normalized spacial score (nSPS) is 21.9. The van der Waals surface area contributed by atoms with E-state index in [1.165, 1.54) is 7.11 Å². The first-order chi connectivity index (χ1) is 9.20. The molecule has 0 spiro atoms. The van der Waals surface area contributed by atoms with Crippen molar-refractivity contribution >= 4 is 5.97 Å². The van der Waals surface area contributed by atoms with Gasteiger partial charge >= 0.3 is 5.97 Å². The third-order valence-corrected chi connectivity index (χ3v) is 3.58. The number of ether oxygens (including phenoxy) is 1. The molecule has 1 heterocycles. The zero-order valence-electron chi connectivity index (χ0n) is 11.6. The van der Waals surface area contributed by atoms with Crippen LogP contribution in [0.15, 0.2) is 30.3 Å². The second-order valence-corrected chi connectivity index (χ2v) is 5.10. The molecule has 1 saturated heterocycles. The number of esters is 1. The van der Waals surface area contributed by atoms with Crippen molar-refractivity contribution in [3.05, 3.63) is 35.9 Å². The van der Waals surface area contributed by atoms with Crippen molar-refractivity contribution in [1.82, 2.24) is 10.2 Å². The Morgan fingerprint density at radius 1 is 1.47 bits per heavy atom. The van der Waals surface area contributed by atoms with E-state index in [0.29, 0.717) is 6.04 Å². The van der Waals surface area contributed by atoms with Crippen LogP contribution in [0.1, 0.15) is 18.4 Å². The number of hydrogen-bond donors (Lipinski definition) is 1. The van der Waals surface area contributed by atoms with Crippen LogP contribution in [0.2, 0.25) is 0 Å². The predicted octanol–water partition coefficient (Wildman–Crippen LogP) is 1.24. The van der Waals surface area contributed by atoms with E-state index in [9.17, 15) is 4.79 Å². The standard InChI is InChI=1S/C15H22N2O2/c1-12-10-17(9-8-16-12)11-14(15(18)19-2)13-6-4-3-5-7-13/h3-7,12,14,16H,8-11H2,1-2H3. The van der Waals surface area contributed by atoms with E-state index in [0.717, 1.165) is 31.7 Å². The maximum atomic E-state index is 12.0. The molecule has 4 nitrogen and oxygen atoms in total. The molecule has 1 aliphatic heterocycles. The van der Waals surface area contributed by atoms with E-state index in [-0.39, 0.29) is 11.9 Å². The Bertz CT molecular complexity index is 408. The monoisotopic (exact) mass is 262 g/mol. The van der Waals surface area contributed by atoms with E-state index in [1.807, 2.05) is 30.3 Å². The fourth-order valence-electron chi connectivity index (χ4n) is 2.58. The lowest BCUT2D eigenvalue weighted by molar-refractivity contribution is -0.143. The number of rotatable bonds is 4. The molecule has 0 aliphatic carbocycles. The van der Waals surface area contributed by atoms with Gasteiger partial charge in [-0.2, -0.15) is 0 Å². The van der Waals surface area contributed by atoms with E-state index in [2.05, 4.69) is 17.1 Å². The molecular weight excluding hydrogens is 240 g/mol. The summed E-state index contributed by atoms with van der Waals surface area (Å²) in [6.07, 6.45) is 0. The fraction of sp³-hybridized carbons (Fsp3) is 0.533. The van der Waals surface area contributed by atoms with E-state index < -0.39 is 0 Å². The minimum atomic E-state index is -0.198. The molecule has 2 rings (SSSR count). The molecule has 2 unspecified atom stereocenters. The lowest BCUT2D eigenvalue weighted by Crippen LogP contribution is -2.50. The number of carbonyl (C=O) groups excluding carboxylic acids is 1. The number of nitrogens with one attached hydrogen (secondary N) is 1. The van der Waals surface area contributed by atoms with Crippen molar-refractivity contribution in [3.63, 3.8) is 0 Å². The summed E-state index contributed by atoms with van der Waals surface area (Å²) in [4.78, 5) is 14.3. The summed E-state index contributed by atoms with van der Waals surface area (Å²) >= 11 is 0. The van der Waals surface area contributed by atoms with Crippen LogP contribution in [0.3, 0.4) is 0 Å². The third kappa shape index (κ3) is 3.78. The molecule has 1 fully saturated rings. The summed E-state index contributed by atoms with van der Waals surface area (Å²) in [5.74, 6) is -0.353. The zero-order valence-corrected chi connectivity index (χ0v) is 11.6. The molecule has 1 aromatic carbocycles. The van der Waals surface area contributed by atoms with Crippen LogP contribution >= 0.6 is 0 Å². The van der Waals surface area contributed by atoms with Crippen molar-refractivity contribution in [2.24, 2.45) is 0 Å². The Balaban J connectivity index is 2.08. The Morgan fingerprint density at radius 3 is 2.84 bits per heavy atom. The number of nitrogens with zero attached hydrogens (tertiary/aromatic N) is 1. The molecule has 0 saturated carbocycles. The average molecular weight is 262 g/mol. The van der Waals surface area contributed by atoms with Crippen LogP contribution in [0.5, 0.6) is 0 Å². The number of hydrogen-bond acceptors (Lipinski definition) is 4. The first kappa shape index (κ1) is 14.0. The Hall–Kier alpha value is -1.39. The number of methoxy groups -OCH3 is 1. The fourth-order valence-corrected chi connectivity index (χ4v) is 2.58. The van der Waals surface area contributed by atoms with Crippen molar-refractivity contribution in [2.45, 2.75) is 18.9 Å². The molecule has 2 atom stereocenters. The highest BCUT2D eigenvalue weighted by molar-refractivity contribution is 5.78. The molecule has 1 N–H and O–H groups in total. The second-order valence-electron chi connectivity index (χ2n) is 5.10. The first-order valence-electron chi connectivity index (χ1n) is 6.79. The third-order valence-electron chi connectivity index (χ3n) is 3.58. The highest BCUT2D eigenvalue weighted by Crippen LogP contribution is 2.19. The summed E-state index contributed by atoms with van der Waals surface area (Å²) in [7, 11) is 1.46. The minimum Gasteiger partial charge on any atom is -0.469 e. The minimum absolute atomic E-state index is 0.155. The summed E-state index contributed by atoms with van der Waals surface area (Å²) < 4.78 is 4.95.